The van der Waals surface area contributed by atoms with E-state index in [2.05, 4.69) is 11.0 Å². The van der Waals surface area contributed by atoms with Gasteiger partial charge in [0.05, 0.1) is 12.6 Å². The van der Waals surface area contributed by atoms with E-state index >= 15 is 0 Å². The number of nitrogens with zero attached hydrogens (tertiary/aromatic N) is 2. The monoisotopic (exact) mass is 366 g/mol. The van der Waals surface area contributed by atoms with Crippen LogP contribution >= 0.6 is 11.6 Å². The molecule has 1 saturated heterocycles. The third-order valence-electron chi connectivity index (χ3n) is 4.87. The zero-order valence-corrected chi connectivity index (χ0v) is 15.9. The SMILES string of the molecule is CC(C)(C)OC(=O)N1C[C@H](N2CCCc3cc(Cl)ccc32)C[C@H]1CO. The molecule has 25 heavy (non-hydrogen) atoms. The summed E-state index contributed by atoms with van der Waals surface area (Å²) >= 11 is 6.13. The molecule has 0 aromatic heterocycles. The molecule has 0 saturated carbocycles. The highest BCUT2D eigenvalue weighted by Gasteiger charge is 2.40. The zero-order valence-electron chi connectivity index (χ0n) is 15.2. The number of halogens is 1. The van der Waals surface area contributed by atoms with E-state index < -0.39 is 5.60 Å². The highest BCUT2D eigenvalue weighted by atomic mass is 35.5. The van der Waals surface area contributed by atoms with Crippen molar-refractivity contribution in [3.05, 3.63) is 28.8 Å². The number of aliphatic hydroxyl groups is 1. The van der Waals surface area contributed by atoms with Crippen LogP contribution in [0.15, 0.2) is 18.2 Å². The van der Waals surface area contributed by atoms with Crippen LogP contribution in [0.2, 0.25) is 5.02 Å². The van der Waals surface area contributed by atoms with E-state index in [1.165, 1.54) is 11.3 Å². The Labute approximate surface area is 154 Å². The van der Waals surface area contributed by atoms with Crippen molar-refractivity contribution >= 4 is 23.4 Å². The number of amides is 1. The Hall–Kier alpha value is -1.46. The van der Waals surface area contributed by atoms with Crippen molar-refractivity contribution in [3.8, 4) is 0 Å². The van der Waals surface area contributed by atoms with Crippen molar-refractivity contribution in [1.82, 2.24) is 4.90 Å². The third-order valence-corrected chi connectivity index (χ3v) is 5.10. The van der Waals surface area contributed by atoms with Crippen LogP contribution in [0, 0.1) is 0 Å². The second kappa shape index (κ2) is 7.04. The van der Waals surface area contributed by atoms with Gasteiger partial charge in [-0.3, -0.25) is 0 Å². The fraction of sp³-hybridized carbons (Fsp3) is 0.632. The summed E-state index contributed by atoms with van der Waals surface area (Å²) < 4.78 is 5.51. The Bertz CT molecular complexity index is 644. The number of rotatable bonds is 2. The van der Waals surface area contributed by atoms with E-state index in [-0.39, 0.29) is 24.8 Å². The molecule has 2 aliphatic rings. The van der Waals surface area contributed by atoms with Crippen molar-refractivity contribution in [2.75, 3.05) is 24.6 Å². The number of carbonyl (C=O) groups is 1. The molecule has 3 rings (SSSR count). The fourth-order valence-corrected chi connectivity index (χ4v) is 4.00. The molecule has 1 fully saturated rings. The van der Waals surface area contributed by atoms with Crippen LogP contribution in [0.4, 0.5) is 10.5 Å². The lowest BCUT2D eigenvalue weighted by Gasteiger charge is -2.36. The van der Waals surface area contributed by atoms with Crippen molar-refractivity contribution in [1.29, 1.82) is 0 Å². The van der Waals surface area contributed by atoms with Gasteiger partial charge in [-0.2, -0.15) is 0 Å². The first kappa shape index (κ1) is 18.3. The standard InChI is InChI=1S/C19H27ClN2O3/c1-19(2,3)25-18(24)22-11-15(10-16(22)12-23)21-8-4-5-13-9-14(20)6-7-17(13)21/h6-7,9,15-16,23H,4-5,8,10-12H2,1-3H3/t15-,16+/m1/s1. The van der Waals surface area contributed by atoms with E-state index in [0.717, 1.165) is 30.8 Å². The summed E-state index contributed by atoms with van der Waals surface area (Å²) in [5.41, 5.74) is 1.92. The molecular weight excluding hydrogens is 340 g/mol. The lowest BCUT2D eigenvalue weighted by atomic mass is 9.99. The molecule has 0 spiro atoms. The lowest BCUT2D eigenvalue weighted by molar-refractivity contribution is 0.0174. The lowest BCUT2D eigenvalue weighted by Crippen LogP contribution is -2.43. The molecule has 2 heterocycles. The summed E-state index contributed by atoms with van der Waals surface area (Å²) in [7, 11) is 0. The van der Waals surface area contributed by atoms with Crippen LogP contribution < -0.4 is 4.90 Å². The number of fused-ring (bicyclic) bond motifs is 1. The topological polar surface area (TPSA) is 53.0 Å². The first-order chi connectivity index (χ1) is 11.8. The second-order valence-electron chi connectivity index (χ2n) is 7.93. The molecule has 1 aromatic carbocycles. The molecule has 0 bridgehead atoms. The highest BCUT2D eigenvalue weighted by molar-refractivity contribution is 6.30. The first-order valence-corrected chi connectivity index (χ1v) is 9.32. The Morgan fingerprint density at radius 2 is 2.16 bits per heavy atom. The summed E-state index contributed by atoms with van der Waals surface area (Å²) in [6.45, 7) is 7.06. The number of hydrogen-bond acceptors (Lipinski definition) is 4. The summed E-state index contributed by atoms with van der Waals surface area (Å²) in [6, 6.07) is 6.01. The number of anilines is 1. The third kappa shape index (κ3) is 4.04. The minimum absolute atomic E-state index is 0.0446. The maximum Gasteiger partial charge on any atom is 0.410 e. The zero-order chi connectivity index (χ0) is 18.2. The van der Waals surface area contributed by atoms with Crippen LogP contribution in [0.1, 0.15) is 39.2 Å². The van der Waals surface area contributed by atoms with E-state index in [4.69, 9.17) is 16.3 Å². The number of benzene rings is 1. The Morgan fingerprint density at radius 1 is 1.40 bits per heavy atom. The van der Waals surface area contributed by atoms with Gasteiger partial charge in [-0.15, -0.1) is 0 Å². The summed E-state index contributed by atoms with van der Waals surface area (Å²) in [5.74, 6) is 0. The van der Waals surface area contributed by atoms with Gasteiger partial charge in [0, 0.05) is 29.8 Å². The van der Waals surface area contributed by atoms with Gasteiger partial charge in [-0.1, -0.05) is 11.6 Å². The molecule has 6 heteroatoms. The molecule has 0 radical (unpaired) electrons. The number of aliphatic hydroxyl groups excluding tert-OH is 1. The maximum absolute atomic E-state index is 12.5. The van der Waals surface area contributed by atoms with Crippen LogP contribution in [0.25, 0.3) is 0 Å². The maximum atomic E-state index is 12.5. The number of hydrogen-bond donors (Lipinski definition) is 1. The van der Waals surface area contributed by atoms with Crippen LogP contribution in [-0.2, 0) is 11.2 Å². The van der Waals surface area contributed by atoms with Gasteiger partial charge in [0.25, 0.3) is 0 Å². The van der Waals surface area contributed by atoms with Crippen molar-refractivity contribution in [3.63, 3.8) is 0 Å². The fourth-order valence-electron chi connectivity index (χ4n) is 3.81. The largest absolute Gasteiger partial charge is 0.444 e. The van der Waals surface area contributed by atoms with Crippen molar-refractivity contribution in [2.24, 2.45) is 0 Å². The number of likely N-dealkylation sites (tertiary alicyclic amines) is 1. The summed E-state index contributed by atoms with van der Waals surface area (Å²) in [4.78, 5) is 16.5. The van der Waals surface area contributed by atoms with Crippen LogP contribution in [0.3, 0.4) is 0 Å². The van der Waals surface area contributed by atoms with Crippen molar-refractivity contribution < 1.29 is 14.6 Å². The van der Waals surface area contributed by atoms with E-state index in [0.29, 0.717) is 6.54 Å². The molecular formula is C19H27ClN2O3. The van der Waals surface area contributed by atoms with E-state index in [1.807, 2.05) is 32.9 Å². The predicted molar refractivity (Wildman–Crippen MR) is 99.3 cm³/mol. The van der Waals surface area contributed by atoms with Gasteiger partial charge in [0.2, 0.25) is 0 Å². The number of ether oxygens (including phenoxy) is 1. The molecule has 1 N–H and O–H groups in total. The van der Waals surface area contributed by atoms with Gasteiger partial charge in [0.1, 0.15) is 5.60 Å². The van der Waals surface area contributed by atoms with Gasteiger partial charge in [-0.05, 0) is 63.8 Å². The number of aryl methyl sites for hydroxylation is 1. The predicted octanol–water partition coefficient (Wildman–Crippen LogP) is 3.46. The molecule has 2 atom stereocenters. The van der Waals surface area contributed by atoms with Gasteiger partial charge in [0.15, 0.2) is 0 Å². The Balaban J connectivity index is 1.78. The normalized spacial score (nSPS) is 23.6. The molecule has 0 aliphatic carbocycles. The minimum Gasteiger partial charge on any atom is -0.444 e. The minimum atomic E-state index is -0.538. The average molecular weight is 367 g/mol. The number of carbonyl (C=O) groups excluding carboxylic acids is 1. The summed E-state index contributed by atoms with van der Waals surface area (Å²) in [5, 5.41) is 10.5. The average Bonchev–Trinajstić information content (AvgIpc) is 2.96. The quantitative estimate of drug-likeness (QED) is 0.870. The van der Waals surface area contributed by atoms with Crippen LogP contribution in [0.5, 0.6) is 0 Å². The first-order valence-electron chi connectivity index (χ1n) is 8.94. The smallest absolute Gasteiger partial charge is 0.410 e. The molecule has 2 aliphatic heterocycles. The van der Waals surface area contributed by atoms with Gasteiger partial charge < -0.3 is 19.6 Å². The molecule has 1 aromatic rings. The van der Waals surface area contributed by atoms with E-state index in [1.54, 1.807) is 4.90 Å². The van der Waals surface area contributed by atoms with Gasteiger partial charge >= 0.3 is 6.09 Å². The molecule has 1 amide bonds. The molecule has 138 valence electrons. The molecule has 5 nitrogen and oxygen atoms in total. The molecule has 0 unspecified atom stereocenters. The van der Waals surface area contributed by atoms with E-state index in [9.17, 15) is 9.90 Å². The second-order valence-corrected chi connectivity index (χ2v) is 8.37. The highest BCUT2D eigenvalue weighted by Crippen LogP contribution is 2.34. The Morgan fingerprint density at radius 3 is 2.84 bits per heavy atom. The Kier molecular flexibility index (Phi) is 5.16. The van der Waals surface area contributed by atoms with Gasteiger partial charge in [-0.25, -0.2) is 4.79 Å². The van der Waals surface area contributed by atoms with Crippen LogP contribution in [-0.4, -0.2) is 53.5 Å². The van der Waals surface area contributed by atoms with Crippen molar-refractivity contribution in [2.45, 2.75) is 57.7 Å². The summed E-state index contributed by atoms with van der Waals surface area (Å²) in [6.07, 6.45) is 2.50.